The predicted molar refractivity (Wildman–Crippen MR) is 86.6 cm³/mol. The Bertz CT molecular complexity index is 829. The molecule has 0 aliphatic carbocycles. The van der Waals surface area contributed by atoms with Crippen molar-refractivity contribution in [3.8, 4) is 11.3 Å². The molecule has 0 bridgehead atoms. The van der Waals surface area contributed by atoms with Gasteiger partial charge in [-0.15, -0.1) is 11.3 Å². The fraction of sp³-hybridized carbons (Fsp3) is 0.0588. The Labute approximate surface area is 131 Å². The molecule has 0 saturated heterocycles. The summed E-state index contributed by atoms with van der Waals surface area (Å²) in [4.78, 5) is 16.5. The molecule has 0 fully saturated rings. The van der Waals surface area contributed by atoms with Crippen molar-refractivity contribution in [1.29, 1.82) is 0 Å². The second-order valence-corrected chi connectivity index (χ2v) is 5.83. The average Bonchev–Trinajstić information content (AvgIpc) is 2.94. The number of carbonyl (C=O) groups excluding carboxylic acids is 1. The Hall–Kier alpha value is -2.53. The summed E-state index contributed by atoms with van der Waals surface area (Å²) < 4.78 is 13.6. The number of aryl methyl sites for hydroxylation is 1. The summed E-state index contributed by atoms with van der Waals surface area (Å²) in [5, 5.41) is 5.66. The van der Waals surface area contributed by atoms with Gasteiger partial charge in [0.15, 0.2) is 0 Å². The summed E-state index contributed by atoms with van der Waals surface area (Å²) in [6, 6.07) is 13.3. The van der Waals surface area contributed by atoms with Crippen molar-refractivity contribution in [3.05, 3.63) is 70.3 Å². The number of nitrogens with zero attached hydrogens (tertiary/aromatic N) is 1. The molecular weight excluding hydrogens is 299 g/mol. The maximum absolute atomic E-state index is 13.6. The van der Waals surface area contributed by atoms with E-state index in [-0.39, 0.29) is 5.56 Å². The highest BCUT2D eigenvalue weighted by molar-refractivity contribution is 7.09. The fourth-order valence-electron chi connectivity index (χ4n) is 2.10. The lowest BCUT2D eigenvalue weighted by molar-refractivity contribution is 0.102. The third-order valence-electron chi connectivity index (χ3n) is 3.15. The van der Waals surface area contributed by atoms with Crippen molar-refractivity contribution in [2.45, 2.75) is 6.92 Å². The molecule has 5 heteroatoms. The average molecular weight is 312 g/mol. The van der Waals surface area contributed by atoms with E-state index in [1.54, 1.807) is 29.5 Å². The van der Waals surface area contributed by atoms with Crippen molar-refractivity contribution in [2.24, 2.45) is 0 Å². The van der Waals surface area contributed by atoms with Gasteiger partial charge in [-0.3, -0.25) is 4.79 Å². The maximum Gasteiger partial charge on any atom is 0.258 e. The second-order valence-electron chi connectivity index (χ2n) is 4.77. The van der Waals surface area contributed by atoms with Crippen LogP contribution in [0.3, 0.4) is 0 Å². The monoisotopic (exact) mass is 312 g/mol. The number of carbonyl (C=O) groups is 1. The fourth-order valence-corrected chi connectivity index (χ4v) is 2.72. The number of anilines is 1. The highest BCUT2D eigenvalue weighted by Gasteiger charge is 2.11. The molecule has 1 N–H and O–H groups in total. The van der Waals surface area contributed by atoms with Crippen LogP contribution in [0.1, 0.15) is 15.4 Å². The summed E-state index contributed by atoms with van der Waals surface area (Å²) in [5.74, 6) is -1.00. The van der Waals surface area contributed by atoms with Gasteiger partial charge in [-0.05, 0) is 31.2 Å². The Balaban J connectivity index is 1.84. The quantitative estimate of drug-likeness (QED) is 0.773. The number of hydrogen-bond acceptors (Lipinski definition) is 3. The summed E-state index contributed by atoms with van der Waals surface area (Å²) in [6.45, 7) is 1.94. The van der Waals surface area contributed by atoms with Gasteiger partial charge in [-0.25, -0.2) is 9.37 Å². The molecule has 0 aliphatic rings. The van der Waals surface area contributed by atoms with Crippen molar-refractivity contribution < 1.29 is 9.18 Å². The van der Waals surface area contributed by atoms with E-state index in [0.29, 0.717) is 5.69 Å². The first kappa shape index (κ1) is 14.4. The first-order chi connectivity index (χ1) is 10.6. The molecule has 0 atom stereocenters. The standard InChI is InChI=1S/C17H13FN2OS/c1-11-19-16(10-22-11)12-5-4-6-13(9-12)20-17(21)14-7-2-3-8-15(14)18/h2-10H,1H3,(H,20,21). The van der Waals surface area contributed by atoms with E-state index in [1.165, 1.54) is 12.1 Å². The van der Waals surface area contributed by atoms with Crippen LogP contribution in [-0.4, -0.2) is 10.9 Å². The molecule has 2 aromatic carbocycles. The molecule has 110 valence electrons. The summed E-state index contributed by atoms with van der Waals surface area (Å²) >= 11 is 1.57. The molecule has 1 aromatic heterocycles. The number of amides is 1. The minimum Gasteiger partial charge on any atom is -0.322 e. The molecule has 0 radical (unpaired) electrons. The lowest BCUT2D eigenvalue weighted by atomic mass is 10.1. The van der Waals surface area contributed by atoms with E-state index < -0.39 is 11.7 Å². The predicted octanol–water partition coefficient (Wildman–Crippen LogP) is 4.51. The lowest BCUT2D eigenvalue weighted by Crippen LogP contribution is -2.13. The molecule has 0 spiro atoms. The molecule has 1 amide bonds. The minimum atomic E-state index is -0.536. The molecule has 0 saturated carbocycles. The largest absolute Gasteiger partial charge is 0.322 e. The van der Waals surface area contributed by atoms with Gasteiger partial charge >= 0.3 is 0 Å². The molecule has 3 nitrogen and oxygen atoms in total. The van der Waals surface area contributed by atoms with E-state index in [1.807, 2.05) is 30.5 Å². The number of halogens is 1. The molecule has 3 rings (SSSR count). The molecule has 3 aromatic rings. The number of benzene rings is 2. The molecule has 22 heavy (non-hydrogen) atoms. The van der Waals surface area contributed by atoms with Gasteiger partial charge in [0, 0.05) is 16.6 Å². The highest BCUT2D eigenvalue weighted by Crippen LogP contribution is 2.24. The lowest BCUT2D eigenvalue weighted by Gasteiger charge is -2.07. The number of aromatic nitrogens is 1. The van der Waals surface area contributed by atoms with Crippen LogP contribution in [0.5, 0.6) is 0 Å². The van der Waals surface area contributed by atoms with E-state index in [2.05, 4.69) is 10.3 Å². The van der Waals surface area contributed by atoms with E-state index in [0.717, 1.165) is 16.3 Å². The van der Waals surface area contributed by atoms with Gasteiger partial charge in [-0.1, -0.05) is 24.3 Å². The van der Waals surface area contributed by atoms with Crippen LogP contribution < -0.4 is 5.32 Å². The molecular formula is C17H13FN2OS. The number of rotatable bonds is 3. The van der Waals surface area contributed by atoms with E-state index >= 15 is 0 Å². The minimum absolute atomic E-state index is 0.0254. The van der Waals surface area contributed by atoms with Crippen molar-refractivity contribution >= 4 is 22.9 Å². The van der Waals surface area contributed by atoms with Crippen LogP contribution in [0.2, 0.25) is 0 Å². The van der Waals surface area contributed by atoms with Crippen LogP contribution in [0.25, 0.3) is 11.3 Å². The molecule has 1 heterocycles. The topological polar surface area (TPSA) is 42.0 Å². The first-order valence-electron chi connectivity index (χ1n) is 6.72. The second kappa shape index (κ2) is 6.07. The Morgan fingerprint density at radius 2 is 2.00 bits per heavy atom. The third kappa shape index (κ3) is 3.04. The van der Waals surface area contributed by atoms with Gasteiger partial charge in [0.05, 0.1) is 16.3 Å². The molecule has 0 aliphatic heterocycles. The van der Waals surface area contributed by atoms with Crippen LogP contribution in [0.4, 0.5) is 10.1 Å². The number of hydrogen-bond donors (Lipinski definition) is 1. The number of thiazole rings is 1. The van der Waals surface area contributed by atoms with Crippen LogP contribution >= 0.6 is 11.3 Å². The van der Waals surface area contributed by atoms with E-state index in [9.17, 15) is 9.18 Å². The van der Waals surface area contributed by atoms with Gasteiger partial charge < -0.3 is 5.32 Å². The Morgan fingerprint density at radius 3 is 2.73 bits per heavy atom. The van der Waals surface area contributed by atoms with Crippen molar-refractivity contribution in [3.63, 3.8) is 0 Å². The van der Waals surface area contributed by atoms with Crippen LogP contribution in [-0.2, 0) is 0 Å². The summed E-state index contributed by atoms with van der Waals surface area (Å²) in [5.41, 5.74) is 2.41. The zero-order chi connectivity index (χ0) is 15.5. The van der Waals surface area contributed by atoms with Gasteiger partial charge in [0.1, 0.15) is 5.82 Å². The van der Waals surface area contributed by atoms with Crippen molar-refractivity contribution in [1.82, 2.24) is 4.98 Å². The van der Waals surface area contributed by atoms with E-state index in [4.69, 9.17) is 0 Å². The normalized spacial score (nSPS) is 10.5. The third-order valence-corrected chi connectivity index (χ3v) is 3.93. The van der Waals surface area contributed by atoms with Crippen LogP contribution in [0.15, 0.2) is 53.9 Å². The molecule has 0 unspecified atom stereocenters. The summed E-state index contributed by atoms with van der Waals surface area (Å²) in [7, 11) is 0. The Morgan fingerprint density at radius 1 is 1.18 bits per heavy atom. The van der Waals surface area contributed by atoms with Crippen molar-refractivity contribution in [2.75, 3.05) is 5.32 Å². The maximum atomic E-state index is 13.6. The highest BCUT2D eigenvalue weighted by atomic mass is 32.1. The van der Waals surface area contributed by atoms with Gasteiger partial charge in [0.2, 0.25) is 0 Å². The SMILES string of the molecule is Cc1nc(-c2cccc(NC(=O)c3ccccc3F)c2)cs1. The first-order valence-corrected chi connectivity index (χ1v) is 7.60. The zero-order valence-corrected chi connectivity index (χ0v) is 12.7. The number of nitrogens with one attached hydrogen (secondary N) is 1. The Kier molecular flexibility index (Phi) is 3.98. The summed E-state index contributed by atoms with van der Waals surface area (Å²) in [6.07, 6.45) is 0. The van der Waals surface area contributed by atoms with Gasteiger partial charge in [0.25, 0.3) is 5.91 Å². The van der Waals surface area contributed by atoms with Gasteiger partial charge in [-0.2, -0.15) is 0 Å². The van der Waals surface area contributed by atoms with Crippen LogP contribution in [0, 0.1) is 12.7 Å². The zero-order valence-electron chi connectivity index (χ0n) is 11.8. The smallest absolute Gasteiger partial charge is 0.258 e.